The van der Waals surface area contributed by atoms with Gasteiger partial charge in [-0.2, -0.15) is 0 Å². The molecule has 0 atom stereocenters. The van der Waals surface area contributed by atoms with E-state index in [1.54, 1.807) is 0 Å². The van der Waals surface area contributed by atoms with Gasteiger partial charge in [0.1, 0.15) is 0 Å². The molecule has 0 heterocycles. The SMILES string of the molecule is O=C(CBr)c1cc(I)cc(Cl)c1F. The summed E-state index contributed by atoms with van der Waals surface area (Å²) in [4.78, 5) is 11.2. The predicted octanol–water partition coefficient (Wildman–Crippen LogP) is 3.66. The monoisotopic (exact) mass is 376 g/mol. The minimum Gasteiger partial charge on any atom is -0.293 e. The number of benzene rings is 1. The van der Waals surface area contributed by atoms with Gasteiger partial charge in [0.2, 0.25) is 0 Å². The molecule has 0 saturated heterocycles. The fraction of sp³-hybridized carbons (Fsp3) is 0.125. The van der Waals surface area contributed by atoms with Gasteiger partial charge in [-0.05, 0) is 34.7 Å². The molecule has 0 aromatic heterocycles. The van der Waals surface area contributed by atoms with Crippen molar-refractivity contribution in [1.82, 2.24) is 0 Å². The lowest BCUT2D eigenvalue weighted by molar-refractivity contribution is 0.102. The number of carbonyl (C=O) groups is 1. The van der Waals surface area contributed by atoms with E-state index in [0.717, 1.165) is 3.57 Å². The van der Waals surface area contributed by atoms with Crippen LogP contribution in [0.3, 0.4) is 0 Å². The average molecular weight is 377 g/mol. The summed E-state index contributed by atoms with van der Waals surface area (Å²) in [5.74, 6) is -0.954. The van der Waals surface area contributed by atoms with Crippen LogP contribution in [0.15, 0.2) is 12.1 Å². The zero-order chi connectivity index (χ0) is 10.0. The van der Waals surface area contributed by atoms with Crippen LogP contribution in [-0.2, 0) is 0 Å². The Morgan fingerprint density at radius 2 is 2.23 bits per heavy atom. The molecule has 0 aliphatic heterocycles. The topological polar surface area (TPSA) is 17.1 Å². The van der Waals surface area contributed by atoms with Crippen LogP contribution in [0.2, 0.25) is 5.02 Å². The molecule has 0 unspecified atom stereocenters. The maximum Gasteiger partial charge on any atom is 0.176 e. The summed E-state index contributed by atoms with van der Waals surface area (Å²) in [6.07, 6.45) is 0. The molecule has 0 saturated carbocycles. The molecular formula is C8H4BrClFIO. The molecule has 13 heavy (non-hydrogen) atoms. The van der Waals surface area contributed by atoms with Crippen molar-refractivity contribution < 1.29 is 9.18 Å². The van der Waals surface area contributed by atoms with Gasteiger partial charge in [0.25, 0.3) is 0 Å². The van der Waals surface area contributed by atoms with E-state index >= 15 is 0 Å². The lowest BCUT2D eigenvalue weighted by Crippen LogP contribution is -2.04. The standard InChI is InChI=1S/C8H4BrClFIO/c9-3-7(13)5-1-4(12)2-6(10)8(5)11/h1-2H,3H2. The Bertz CT molecular complexity index is 356. The second-order valence-electron chi connectivity index (χ2n) is 2.31. The smallest absolute Gasteiger partial charge is 0.176 e. The zero-order valence-electron chi connectivity index (χ0n) is 6.28. The highest BCUT2D eigenvalue weighted by Gasteiger charge is 2.14. The van der Waals surface area contributed by atoms with Gasteiger partial charge in [-0.1, -0.05) is 27.5 Å². The van der Waals surface area contributed by atoms with E-state index in [0.29, 0.717) is 0 Å². The molecule has 0 radical (unpaired) electrons. The van der Waals surface area contributed by atoms with E-state index in [2.05, 4.69) is 15.9 Å². The molecule has 70 valence electrons. The van der Waals surface area contributed by atoms with E-state index in [9.17, 15) is 9.18 Å². The summed E-state index contributed by atoms with van der Waals surface area (Å²) in [5, 5.41) is 0.0802. The summed E-state index contributed by atoms with van der Waals surface area (Å²) < 4.78 is 14.0. The van der Waals surface area contributed by atoms with E-state index < -0.39 is 5.82 Å². The second-order valence-corrected chi connectivity index (χ2v) is 4.52. The molecule has 0 spiro atoms. The molecule has 0 N–H and O–H groups in total. The Hall–Kier alpha value is 0.320. The first-order valence-corrected chi connectivity index (χ1v) is 5.87. The lowest BCUT2D eigenvalue weighted by Gasteiger charge is -2.02. The number of halogens is 4. The summed E-state index contributed by atoms with van der Waals surface area (Å²) in [6.45, 7) is 0. The van der Waals surface area contributed by atoms with Gasteiger partial charge in [0.05, 0.1) is 15.9 Å². The highest BCUT2D eigenvalue weighted by molar-refractivity contribution is 14.1. The fourth-order valence-electron chi connectivity index (χ4n) is 0.831. The lowest BCUT2D eigenvalue weighted by atomic mass is 10.1. The quantitative estimate of drug-likeness (QED) is 0.333. The minimum atomic E-state index is -0.647. The highest BCUT2D eigenvalue weighted by Crippen LogP contribution is 2.22. The second kappa shape index (κ2) is 4.70. The Morgan fingerprint density at radius 1 is 1.62 bits per heavy atom. The predicted molar refractivity (Wildman–Crippen MR) is 62.3 cm³/mol. The molecule has 5 heteroatoms. The van der Waals surface area contributed by atoms with Crippen molar-refractivity contribution in [3.63, 3.8) is 0 Å². The van der Waals surface area contributed by atoms with Crippen molar-refractivity contribution in [2.75, 3.05) is 5.33 Å². The molecule has 0 bridgehead atoms. The van der Waals surface area contributed by atoms with Crippen molar-refractivity contribution in [2.45, 2.75) is 0 Å². The van der Waals surface area contributed by atoms with Crippen LogP contribution in [0.4, 0.5) is 4.39 Å². The number of Topliss-reactive ketones (excluding diaryl/α,β-unsaturated/α-hetero) is 1. The number of rotatable bonds is 2. The highest BCUT2D eigenvalue weighted by atomic mass is 127. The van der Waals surface area contributed by atoms with Gasteiger partial charge < -0.3 is 0 Å². The van der Waals surface area contributed by atoms with Gasteiger partial charge in [0, 0.05) is 3.57 Å². The molecule has 0 aliphatic carbocycles. The number of carbonyl (C=O) groups excluding carboxylic acids is 1. The Kier molecular flexibility index (Phi) is 4.12. The van der Waals surface area contributed by atoms with Crippen molar-refractivity contribution in [1.29, 1.82) is 0 Å². The van der Waals surface area contributed by atoms with Gasteiger partial charge in [-0.3, -0.25) is 4.79 Å². The molecule has 0 fully saturated rings. The molecule has 1 aromatic carbocycles. The van der Waals surface area contributed by atoms with Crippen LogP contribution < -0.4 is 0 Å². The van der Waals surface area contributed by atoms with Crippen LogP contribution in [0, 0.1) is 9.39 Å². The normalized spacial score (nSPS) is 10.2. The third-order valence-electron chi connectivity index (χ3n) is 1.41. The first-order valence-electron chi connectivity index (χ1n) is 3.30. The van der Waals surface area contributed by atoms with Crippen LogP contribution in [0.25, 0.3) is 0 Å². The van der Waals surface area contributed by atoms with E-state index in [1.807, 2.05) is 22.6 Å². The molecule has 1 rings (SSSR count). The van der Waals surface area contributed by atoms with E-state index in [-0.39, 0.29) is 21.7 Å². The Labute approximate surface area is 102 Å². The van der Waals surface area contributed by atoms with E-state index in [1.165, 1.54) is 12.1 Å². The summed E-state index contributed by atoms with van der Waals surface area (Å²) >= 11 is 10.5. The van der Waals surface area contributed by atoms with Crippen LogP contribution in [0.1, 0.15) is 10.4 Å². The molecule has 0 aliphatic rings. The molecule has 0 amide bonds. The Morgan fingerprint density at radius 3 is 2.77 bits per heavy atom. The number of hydrogen-bond acceptors (Lipinski definition) is 1. The largest absolute Gasteiger partial charge is 0.293 e. The number of ketones is 1. The van der Waals surface area contributed by atoms with Crippen molar-refractivity contribution in [2.24, 2.45) is 0 Å². The van der Waals surface area contributed by atoms with Gasteiger partial charge in [-0.15, -0.1) is 0 Å². The fourth-order valence-corrected chi connectivity index (χ4v) is 2.16. The first-order chi connectivity index (χ1) is 6.06. The van der Waals surface area contributed by atoms with Gasteiger partial charge >= 0.3 is 0 Å². The number of hydrogen-bond donors (Lipinski definition) is 0. The molecule has 1 nitrogen and oxygen atoms in total. The van der Waals surface area contributed by atoms with Crippen LogP contribution in [0.5, 0.6) is 0 Å². The first kappa shape index (κ1) is 11.4. The summed E-state index contributed by atoms with van der Waals surface area (Å²) in [7, 11) is 0. The maximum atomic E-state index is 13.2. The van der Waals surface area contributed by atoms with Gasteiger partial charge in [-0.25, -0.2) is 4.39 Å². The average Bonchev–Trinajstić information content (AvgIpc) is 2.10. The number of alkyl halides is 1. The molecule has 1 aromatic rings. The maximum absolute atomic E-state index is 13.2. The van der Waals surface area contributed by atoms with Crippen LogP contribution >= 0.6 is 50.1 Å². The van der Waals surface area contributed by atoms with Gasteiger partial charge in [0.15, 0.2) is 11.6 Å². The molecular weight excluding hydrogens is 373 g/mol. The summed E-state index contributed by atoms with van der Waals surface area (Å²) in [5.41, 5.74) is 0.0359. The van der Waals surface area contributed by atoms with Crippen molar-refractivity contribution in [3.8, 4) is 0 Å². The van der Waals surface area contributed by atoms with E-state index in [4.69, 9.17) is 11.6 Å². The summed E-state index contributed by atoms with van der Waals surface area (Å²) in [6, 6.07) is 2.95. The van der Waals surface area contributed by atoms with Crippen molar-refractivity contribution >= 4 is 55.9 Å². The van der Waals surface area contributed by atoms with Crippen LogP contribution in [-0.4, -0.2) is 11.1 Å². The third-order valence-corrected chi connectivity index (χ3v) is 2.82. The minimum absolute atomic E-state index is 0.0174. The van der Waals surface area contributed by atoms with Crippen molar-refractivity contribution in [3.05, 3.63) is 32.1 Å². The Balaban J connectivity index is 3.28. The zero-order valence-corrected chi connectivity index (χ0v) is 10.8. The third kappa shape index (κ3) is 2.63.